The van der Waals surface area contributed by atoms with Gasteiger partial charge in [-0.2, -0.15) is 12.7 Å². The maximum atomic E-state index is 11.8. The summed E-state index contributed by atoms with van der Waals surface area (Å²) >= 11 is 3.12. The van der Waals surface area contributed by atoms with Gasteiger partial charge in [0.2, 0.25) is 0 Å². The smallest absolute Gasteiger partial charge is 0.253 e. The summed E-state index contributed by atoms with van der Waals surface area (Å²) in [5.74, 6) is 0.190. The molecular weight excluding hydrogens is 296 g/mol. The minimum Gasteiger partial charge on any atom is -0.253 e. The standard InChI is InChI=1S/C8H13BrN4O2S/c1-6(2)13(3)16(14,15)12-8-5-10-7(9)4-11-8/h4-6H,1-3H3,(H,11,12). The molecule has 1 rings (SSSR count). The number of nitrogens with one attached hydrogen (secondary N) is 1. The van der Waals surface area contributed by atoms with E-state index in [-0.39, 0.29) is 11.9 Å². The fourth-order valence-electron chi connectivity index (χ4n) is 0.847. The van der Waals surface area contributed by atoms with Crippen LogP contribution in [0.3, 0.4) is 0 Å². The fourth-order valence-corrected chi connectivity index (χ4v) is 2.12. The first-order valence-corrected chi connectivity index (χ1v) is 6.79. The van der Waals surface area contributed by atoms with Gasteiger partial charge in [-0.1, -0.05) is 0 Å². The van der Waals surface area contributed by atoms with Crippen LogP contribution in [-0.4, -0.2) is 35.8 Å². The fraction of sp³-hybridized carbons (Fsp3) is 0.500. The molecule has 90 valence electrons. The number of rotatable bonds is 4. The molecule has 16 heavy (non-hydrogen) atoms. The Morgan fingerprint density at radius 1 is 1.38 bits per heavy atom. The Bertz CT molecular complexity index is 446. The number of anilines is 1. The first kappa shape index (κ1) is 13.3. The SMILES string of the molecule is CC(C)N(C)S(=O)(=O)Nc1cnc(Br)cn1. The van der Waals surface area contributed by atoms with Crippen molar-refractivity contribution in [3.63, 3.8) is 0 Å². The molecule has 0 fully saturated rings. The van der Waals surface area contributed by atoms with E-state index >= 15 is 0 Å². The zero-order chi connectivity index (χ0) is 12.3. The second kappa shape index (κ2) is 5.07. The van der Waals surface area contributed by atoms with Crippen LogP contribution in [0.15, 0.2) is 17.0 Å². The van der Waals surface area contributed by atoms with Gasteiger partial charge < -0.3 is 0 Å². The molecule has 0 atom stereocenters. The van der Waals surface area contributed by atoms with Crippen molar-refractivity contribution in [3.05, 3.63) is 17.0 Å². The van der Waals surface area contributed by atoms with Crippen LogP contribution in [0.1, 0.15) is 13.8 Å². The van der Waals surface area contributed by atoms with Gasteiger partial charge >= 0.3 is 10.2 Å². The second-order valence-electron chi connectivity index (χ2n) is 3.44. The summed E-state index contributed by atoms with van der Waals surface area (Å²) in [5.41, 5.74) is 0. The molecular formula is C8H13BrN4O2S. The molecule has 0 bridgehead atoms. The number of halogens is 1. The van der Waals surface area contributed by atoms with Crippen molar-refractivity contribution in [2.45, 2.75) is 19.9 Å². The molecule has 0 amide bonds. The van der Waals surface area contributed by atoms with Crippen LogP contribution < -0.4 is 4.72 Å². The average Bonchev–Trinajstić information content (AvgIpc) is 2.20. The summed E-state index contributed by atoms with van der Waals surface area (Å²) in [6.07, 6.45) is 2.77. The molecule has 1 N–H and O–H groups in total. The monoisotopic (exact) mass is 308 g/mol. The van der Waals surface area contributed by atoms with Crippen molar-refractivity contribution < 1.29 is 8.42 Å². The third-order valence-corrected chi connectivity index (χ3v) is 4.02. The molecule has 0 radical (unpaired) electrons. The van der Waals surface area contributed by atoms with E-state index in [1.807, 2.05) is 0 Å². The maximum absolute atomic E-state index is 11.8. The minimum atomic E-state index is -3.56. The number of hydrogen-bond acceptors (Lipinski definition) is 4. The predicted octanol–water partition coefficient (Wildman–Crippen LogP) is 1.24. The molecule has 1 aromatic heterocycles. The molecule has 0 spiro atoms. The van der Waals surface area contributed by atoms with Crippen molar-refractivity contribution in [2.75, 3.05) is 11.8 Å². The molecule has 0 aliphatic heterocycles. The van der Waals surface area contributed by atoms with Crippen LogP contribution >= 0.6 is 15.9 Å². The topological polar surface area (TPSA) is 75.2 Å². The van der Waals surface area contributed by atoms with E-state index in [4.69, 9.17) is 0 Å². The molecule has 0 unspecified atom stereocenters. The van der Waals surface area contributed by atoms with E-state index in [2.05, 4.69) is 30.6 Å². The van der Waals surface area contributed by atoms with Crippen LogP contribution in [0.5, 0.6) is 0 Å². The Morgan fingerprint density at radius 3 is 2.44 bits per heavy atom. The van der Waals surface area contributed by atoms with Crippen LogP contribution in [0.25, 0.3) is 0 Å². The molecule has 0 saturated carbocycles. The van der Waals surface area contributed by atoms with Crippen LogP contribution in [0.4, 0.5) is 5.82 Å². The van der Waals surface area contributed by atoms with E-state index in [0.717, 1.165) is 0 Å². The third-order valence-electron chi connectivity index (χ3n) is 1.96. The molecule has 6 nitrogen and oxygen atoms in total. The Morgan fingerprint density at radius 2 is 2.00 bits per heavy atom. The van der Waals surface area contributed by atoms with Gasteiger partial charge in [-0.3, -0.25) is 4.72 Å². The quantitative estimate of drug-likeness (QED) is 0.908. The summed E-state index contributed by atoms with van der Waals surface area (Å²) in [6, 6.07) is -0.124. The summed E-state index contributed by atoms with van der Waals surface area (Å²) in [7, 11) is -2.06. The second-order valence-corrected chi connectivity index (χ2v) is 5.98. The van der Waals surface area contributed by atoms with E-state index in [0.29, 0.717) is 4.60 Å². The third kappa shape index (κ3) is 3.39. The van der Waals surface area contributed by atoms with E-state index < -0.39 is 10.2 Å². The normalized spacial score (nSPS) is 12.1. The molecule has 0 saturated heterocycles. The lowest BCUT2D eigenvalue weighted by Gasteiger charge is -2.21. The Balaban J connectivity index is 2.85. The lowest BCUT2D eigenvalue weighted by Crippen LogP contribution is -2.37. The zero-order valence-electron chi connectivity index (χ0n) is 9.18. The summed E-state index contributed by atoms with van der Waals surface area (Å²) in [6.45, 7) is 3.57. The summed E-state index contributed by atoms with van der Waals surface area (Å²) < 4.78 is 27.6. The van der Waals surface area contributed by atoms with Gasteiger partial charge in [0.05, 0.1) is 12.4 Å². The van der Waals surface area contributed by atoms with Crippen LogP contribution in [0.2, 0.25) is 0 Å². The van der Waals surface area contributed by atoms with Gasteiger partial charge in [-0.15, -0.1) is 0 Å². The largest absolute Gasteiger partial charge is 0.302 e. The molecule has 8 heteroatoms. The van der Waals surface area contributed by atoms with Crippen molar-refractivity contribution >= 4 is 32.0 Å². The lowest BCUT2D eigenvalue weighted by atomic mass is 10.4. The van der Waals surface area contributed by atoms with Crippen molar-refractivity contribution in [2.24, 2.45) is 0 Å². The van der Waals surface area contributed by atoms with Gasteiger partial charge in [-0.25, -0.2) is 9.97 Å². The highest BCUT2D eigenvalue weighted by Gasteiger charge is 2.20. The zero-order valence-corrected chi connectivity index (χ0v) is 11.6. The number of nitrogens with zero attached hydrogens (tertiary/aromatic N) is 3. The van der Waals surface area contributed by atoms with Gasteiger partial charge in [-0.05, 0) is 29.8 Å². The Kier molecular flexibility index (Phi) is 4.22. The van der Waals surface area contributed by atoms with Gasteiger partial charge in [0.1, 0.15) is 4.60 Å². The molecule has 0 aliphatic rings. The minimum absolute atomic E-state index is 0.124. The van der Waals surface area contributed by atoms with Crippen molar-refractivity contribution in [1.29, 1.82) is 0 Å². The summed E-state index contributed by atoms with van der Waals surface area (Å²) in [4.78, 5) is 7.76. The molecule has 0 aliphatic carbocycles. The maximum Gasteiger partial charge on any atom is 0.302 e. The lowest BCUT2D eigenvalue weighted by molar-refractivity contribution is 0.414. The highest BCUT2D eigenvalue weighted by Crippen LogP contribution is 2.10. The predicted molar refractivity (Wildman–Crippen MR) is 65.2 cm³/mol. The summed E-state index contributed by atoms with van der Waals surface area (Å²) in [5, 5.41) is 0. The average molecular weight is 309 g/mol. The Labute approximate surface area is 103 Å². The number of aromatic nitrogens is 2. The van der Waals surface area contributed by atoms with Crippen molar-refractivity contribution in [1.82, 2.24) is 14.3 Å². The van der Waals surface area contributed by atoms with Crippen LogP contribution in [-0.2, 0) is 10.2 Å². The van der Waals surface area contributed by atoms with E-state index in [1.54, 1.807) is 13.8 Å². The van der Waals surface area contributed by atoms with Gasteiger partial charge in [0.25, 0.3) is 0 Å². The van der Waals surface area contributed by atoms with Crippen molar-refractivity contribution in [3.8, 4) is 0 Å². The molecule has 0 aromatic carbocycles. The first-order chi connectivity index (χ1) is 7.33. The molecule has 1 heterocycles. The number of hydrogen-bond donors (Lipinski definition) is 1. The van der Waals surface area contributed by atoms with Gasteiger partial charge in [0, 0.05) is 13.1 Å². The van der Waals surface area contributed by atoms with Gasteiger partial charge in [0.15, 0.2) is 5.82 Å². The Hall–Kier alpha value is -0.730. The van der Waals surface area contributed by atoms with Crippen LogP contribution in [0, 0.1) is 0 Å². The van der Waals surface area contributed by atoms with E-state index in [1.165, 1.54) is 23.7 Å². The highest BCUT2D eigenvalue weighted by atomic mass is 79.9. The van der Waals surface area contributed by atoms with E-state index in [9.17, 15) is 8.42 Å². The first-order valence-electron chi connectivity index (χ1n) is 4.56. The highest BCUT2D eigenvalue weighted by molar-refractivity contribution is 9.10. The molecule has 1 aromatic rings.